The van der Waals surface area contributed by atoms with Crippen molar-refractivity contribution in [3.05, 3.63) is 6.92 Å². The summed E-state index contributed by atoms with van der Waals surface area (Å²) in [7, 11) is 0. The molecular formula is C24H45. The average molecular weight is 334 g/mol. The molecule has 0 N–H and O–H groups in total. The Balaban J connectivity index is 2.14. The second kappa shape index (κ2) is 8.59. The van der Waals surface area contributed by atoms with Crippen molar-refractivity contribution >= 4 is 0 Å². The van der Waals surface area contributed by atoms with Gasteiger partial charge in [-0.05, 0) is 91.8 Å². The number of hydrogen-bond acceptors (Lipinski definition) is 0. The van der Waals surface area contributed by atoms with Crippen LogP contribution in [0, 0.1) is 66.1 Å². The zero-order valence-corrected chi connectivity index (χ0v) is 17.7. The van der Waals surface area contributed by atoms with Crippen LogP contribution in [-0.2, 0) is 0 Å². The molecule has 0 aromatic carbocycles. The molecule has 0 saturated heterocycles. The predicted molar refractivity (Wildman–Crippen MR) is 108 cm³/mol. The van der Waals surface area contributed by atoms with Crippen molar-refractivity contribution in [2.75, 3.05) is 0 Å². The van der Waals surface area contributed by atoms with Gasteiger partial charge < -0.3 is 0 Å². The Hall–Kier alpha value is 0. The van der Waals surface area contributed by atoms with Crippen LogP contribution in [0.4, 0.5) is 0 Å². The summed E-state index contributed by atoms with van der Waals surface area (Å²) >= 11 is 0. The van der Waals surface area contributed by atoms with Crippen molar-refractivity contribution in [2.24, 2.45) is 59.2 Å². The molecule has 0 amide bonds. The van der Waals surface area contributed by atoms with E-state index in [2.05, 4.69) is 48.5 Å². The van der Waals surface area contributed by atoms with Gasteiger partial charge in [0, 0.05) is 0 Å². The van der Waals surface area contributed by atoms with Gasteiger partial charge in [-0.1, -0.05) is 61.3 Å². The standard InChI is InChI=1S/C24H45/c1-15(2)21-11-9-17(5)13-23(21)19(7)20(8)24-14-18(6)10-12-22(24)16(3)4/h15-24H,7,9-14H2,1-6,8H3. The monoisotopic (exact) mass is 333 g/mol. The van der Waals surface area contributed by atoms with E-state index in [1.807, 2.05) is 0 Å². The van der Waals surface area contributed by atoms with E-state index >= 15 is 0 Å². The van der Waals surface area contributed by atoms with Crippen LogP contribution >= 0.6 is 0 Å². The van der Waals surface area contributed by atoms with E-state index in [1.165, 1.54) is 38.5 Å². The van der Waals surface area contributed by atoms with Crippen molar-refractivity contribution in [1.82, 2.24) is 0 Å². The van der Waals surface area contributed by atoms with E-state index in [0.29, 0.717) is 5.92 Å². The first-order valence-corrected chi connectivity index (χ1v) is 11.0. The van der Waals surface area contributed by atoms with Crippen molar-refractivity contribution in [1.29, 1.82) is 0 Å². The fourth-order valence-electron chi connectivity index (χ4n) is 6.36. The van der Waals surface area contributed by atoms with Crippen LogP contribution < -0.4 is 0 Å². The molecule has 0 heteroatoms. The average Bonchev–Trinajstić information content (AvgIpc) is 2.52. The topological polar surface area (TPSA) is 0 Å². The molecule has 2 aliphatic carbocycles. The van der Waals surface area contributed by atoms with Gasteiger partial charge in [0.05, 0.1) is 0 Å². The number of hydrogen-bond donors (Lipinski definition) is 0. The quantitative estimate of drug-likeness (QED) is 0.489. The van der Waals surface area contributed by atoms with E-state index in [1.54, 1.807) is 0 Å². The summed E-state index contributed by atoms with van der Waals surface area (Å²) in [6.45, 7) is 22.1. The third-order valence-electron chi connectivity index (χ3n) is 8.05. The van der Waals surface area contributed by atoms with Crippen LogP contribution in [0.2, 0.25) is 0 Å². The normalized spacial score (nSPS) is 40.8. The van der Waals surface area contributed by atoms with Gasteiger partial charge in [-0.2, -0.15) is 0 Å². The lowest BCUT2D eigenvalue weighted by Crippen LogP contribution is -2.40. The smallest absolute Gasteiger partial charge is 0.0350 e. The van der Waals surface area contributed by atoms with E-state index in [4.69, 9.17) is 6.92 Å². The Bertz CT molecular complexity index is 332. The largest absolute Gasteiger partial charge is 0.0625 e. The van der Waals surface area contributed by atoms with Crippen LogP contribution in [-0.4, -0.2) is 0 Å². The molecule has 0 aromatic heterocycles. The van der Waals surface area contributed by atoms with Crippen LogP contribution in [0.1, 0.15) is 87.0 Å². The Morgan fingerprint density at radius 1 is 0.625 bits per heavy atom. The first kappa shape index (κ1) is 20.3. The maximum absolute atomic E-state index is 4.82. The molecule has 141 valence electrons. The van der Waals surface area contributed by atoms with Crippen LogP contribution in [0.3, 0.4) is 0 Å². The predicted octanol–water partition coefficient (Wildman–Crippen LogP) is 7.49. The maximum Gasteiger partial charge on any atom is -0.0350 e. The van der Waals surface area contributed by atoms with Gasteiger partial charge in [-0.25, -0.2) is 0 Å². The molecule has 0 bridgehead atoms. The summed E-state index contributed by atoms with van der Waals surface area (Å²) in [4.78, 5) is 0. The number of rotatable bonds is 5. The maximum atomic E-state index is 4.82. The SMILES string of the molecule is [CH2]C(C(C)C1CC(C)CCC1C(C)C)C1CC(C)CCC1C(C)C. The zero-order valence-electron chi connectivity index (χ0n) is 17.7. The molecule has 0 nitrogen and oxygen atoms in total. The second-order valence-corrected chi connectivity index (χ2v) is 10.5. The van der Waals surface area contributed by atoms with Crippen molar-refractivity contribution in [2.45, 2.75) is 87.0 Å². The Morgan fingerprint density at radius 3 is 1.50 bits per heavy atom. The van der Waals surface area contributed by atoms with Gasteiger partial charge in [0.2, 0.25) is 0 Å². The van der Waals surface area contributed by atoms with E-state index < -0.39 is 0 Å². The third kappa shape index (κ3) is 4.59. The molecule has 0 aliphatic heterocycles. The molecule has 2 fully saturated rings. The molecular weight excluding hydrogens is 288 g/mol. The highest BCUT2D eigenvalue weighted by molar-refractivity contribution is 4.92. The molecule has 0 spiro atoms. The summed E-state index contributed by atoms with van der Waals surface area (Å²) in [5.74, 6) is 8.53. The molecule has 2 aliphatic rings. The molecule has 0 aromatic rings. The first-order chi connectivity index (χ1) is 11.2. The Kier molecular flexibility index (Phi) is 7.27. The van der Waals surface area contributed by atoms with Crippen LogP contribution in [0.5, 0.6) is 0 Å². The lowest BCUT2D eigenvalue weighted by molar-refractivity contribution is 0.0271. The molecule has 0 heterocycles. The van der Waals surface area contributed by atoms with E-state index in [-0.39, 0.29) is 0 Å². The molecule has 24 heavy (non-hydrogen) atoms. The molecule has 2 saturated carbocycles. The fourth-order valence-corrected chi connectivity index (χ4v) is 6.36. The van der Waals surface area contributed by atoms with E-state index in [9.17, 15) is 0 Å². The lowest BCUT2D eigenvalue weighted by Gasteiger charge is -2.47. The summed E-state index contributed by atoms with van der Waals surface area (Å²) in [6.07, 6.45) is 8.66. The van der Waals surface area contributed by atoms with Gasteiger partial charge >= 0.3 is 0 Å². The van der Waals surface area contributed by atoms with Crippen molar-refractivity contribution < 1.29 is 0 Å². The van der Waals surface area contributed by atoms with Crippen molar-refractivity contribution in [3.63, 3.8) is 0 Å². The fraction of sp³-hybridized carbons (Fsp3) is 0.958. The molecule has 1 radical (unpaired) electrons. The summed E-state index contributed by atoms with van der Waals surface area (Å²) in [5.41, 5.74) is 0. The van der Waals surface area contributed by atoms with E-state index in [0.717, 1.165) is 53.3 Å². The van der Waals surface area contributed by atoms with Crippen LogP contribution in [0.25, 0.3) is 0 Å². The summed E-state index contributed by atoms with van der Waals surface area (Å²) in [5, 5.41) is 0. The Morgan fingerprint density at radius 2 is 1.04 bits per heavy atom. The van der Waals surface area contributed by atoms with Crippen molar-refractivity contribution in [3.8, 4) is 0 Å². The zero-order chi connectivity index (χ0) is 18.0. The molecule has 2 rings (SSSR count). The minimum atomic E-state index is 0.650. The second-order valence-electron chi connectivity index (χ2n) is 10.5. The van der Waals surface area contributed by atoms with Gasteiger partial charge in [0.15, 0.2) is 0 Å². The highest BCUT2D eigenvalue weighted by Gasteiger charge is 2.41. The lowest BCUT2D eigenvalue weighted by atomic mass is 9.58. The van der Waals surface area contributed by atoms with Gasteiger partial charge in [-0.3, -0.25) is 0 Å². The summed E-state index contributed by atoms with van der Waals surface area (Å²) < 4.78 is 0. The minimum Gasteiger partial charge on any atom is -0.0625 e. The minimum absolute atomic E-state index is 0.650. The summed E-state index contributed by atoms with van der Waals surface area (Å²) in [6, 6.07) is 0. The molecule has 8 unspecified atom stereocenters. The van der Waals surface area contributed by atoms with Gasteiger partial charge in [0.25, 0.3) is 0 Å². The first-order valence-electron chi connectivity index (χ1n) is 11.0. The Labute approximate surface area is 153 Å². The highest BCUT2D eigenvalue weighted by atomic mass is 14.5. The van der Waals surface area contributed by atoms with Gasteiger partial charge in [0.1, 0.15) is 0 Å². The third-order valence-corrected chi connectivity index (χ3v) is 8.05. The molecule has 8 atom stereocenters. The highest BCUT2D eigenvalue weighted by Crippen LogP contribution is 2.49. The van der Waals surface area contributed by atoms with Crippen LogP contribution in [0.15, 0.2) is 0 Å². The van der Waals surface area contributed by atoms with Gasteiger partial charge in [-0.15, -0.1) is 0 Å².